The van der Waals surface area contributed by atoms with Gasteiger partial charge >= 0.3 is 0 Å². The van der Waals surface area contributed by atoms with Gasteiger partial charge in [0, 0.05) is 29.6 Å². The molecular formula is C14H19IN2O2. The van der Waals surface area contributed by atoms with Crippen molar-refractivity contribution in [3.63, 3.8) is 0 Å². The maximum absolute atomic E-state index is 11.9. The fourth-order valence-corrected chi connectivity index (χ4v) is 2.39. The quantitative estimate of drug-likeness (QED) is 0.777. The van der Waals surface area contributed by atoms with Crippen molar-refractivity contribution in [1.82, 2.24) is 10.2 Å². The highest BCUT2D eigenvalue weighted by molar-refractivity contribution is 14.1. The second-order valence-corrected chi connectivity index (χ2v) is 5.21. The van der Waals surface area contributed by atoms with Crippen molar-refractivity contribution >= 4 is 34.4 Å². The summed E-state index contributed by atoms with van der Waals surface area (Å²) < 4.78 is 0.910. The molecule has 104 valence electrons. The van der Waals surface area contributed by atoms with Crippen LogP contribution in [0.25, 0.3) is 0 Å². The van der Waals surface area contributed by atoms with Gasteiger partial charge in [-0.3, -0.25) is 9.59 Å². The van der Waals surface area contributed by atoms with E-state index >= 15 is 0 Å². The third kappa shape index (κ3) is 4.81. The Bertz CT molecular complexity index is 445. The molecule has 0 spiro atoms. The van der Waals surface area contributed by atoms with Crippen LogP contribution in [0, 0.1) is 3.57 Å². The number of carbonyl (C=O) groups excluding carboxylic acids is 2. The predicted molar refractivity (Wildman–Crippen MR) is 84.0 cm³/mol. The minimum atomic E-state index is -0.127. The molecule has 0 heterocycles. The van der Waals surface area contributed by atoms with E-state index in [9.17, 15) is 9.59 Å². The molecule has 19 heavy (non-hydrogen) atoms. The van der Waals surface area contributed by atoms with E-state index in [1.54, 1.807) is 11.0 Å². The molecular weight excluding hydrogens is 355 g/mol. The Hall–Kier alpha value is -1.11. The van der Waals surface area contributed by atoms with Crippen molar-refractivity contribution < 1.29 is 9.59 Å². The summed E-state index contributed by atoms with van der Waals surface area (Å²) in [6, 6.07) is 7.39. The topological polar surface area (TPSA) is 49.4 Å². The van der Waals surface area contributed by atoms with Crippen molar-refractivity contribution in [3.05, 3.63) is 33.4 Å². The number of carbonyl (C=O) groups is 2. The van der Waals surface area contributed by atoms with Gasteiger partial charge in [-0.25, -0.2) is 0 Å². The first-order chi connectivity index (χ1) is 9.10. The molecule has 0 bridgehead atoms. The molecule has 0 atom stereocenters. The van der Waals surface area contributed by atoms with E-state index in [-0.39, 0.29) is 11.8 Å². The van der Waals surface area contributed by atoms with Gasteiger partial charge in [-0.1, -0.05) is 12.1 Å². The normalized spacial score (nSPS) is 10.1. The lowest BCUT2D eigenvalue weighted by Crippen LogP contribution is -2.34. The van der Waals surface area contributed by atoms with Gasteiger partial charge in [0.25, 0.3) is 5.91 Å². The Morgan fingerprint density at radius 3 is 2.42 bits per heavy atom. The fourth-order valence-electron chi connectivity index (χ4n) is 1.76. The number of halogens is 1. The molecule has 0 aliphatic heterocycles. The number of nitrogens with zero attached hydrogens (tertiary/aromatic N) is 1. The summed E-state index contributed by atoms with van der Waals surface area (Å²) in [4.78, 5) is 25.4. The highest BCUT2D eigenvalue weighted by Gasteiger charge is 2.11. The first kappa shape index (κ1) is 15.9. The number of hydrogen-bond donors (Lipinski definition) is 1. The number of hydrogen-bond acceptors (Lipinski definition) is 2. The minimum Gasteiger partial charge on any atom is -0.351 e. The van der Waals surface area contributed by atoms with Crippen LogP contribution in [0.1, 0.15) is 30.6 Å². The van der Waals surface area contributed by atoms with Crippen LogP contribution < -0.4 is 5.32 Å². The van der Waals surface area contributed by atoms with Crippen LogP contribution in [-0.2, 0) is 4.79 Å². The monoisotopic (exact) mass is 374 g/mol. The molecule has 0 saturated heterocycles. The first-order valence-electron chi connectivity index (χ1n) is 6.40. The summed E-state index contributed by atoms with van der Waals surface area (Å²) in [5, 5.41) is 2.78. The summed E-state index contributed by atoms with van der Waals surface area (Å²) >= 11 is 2.13. The van der Waals surface area contributed by atoms with Crippen molar-refractivity contribution in [2.24, 2.45) is 0 Å². The maximum Gasteiger partial charge on any atom is 0.252 e. The van der Waals surface area contributed by atoms with E-state index in [1.165, 1.54) is 0 Å². The van der Waals surface area contributed by atoms with Gasteiger partial charge in [-0.2, -0.15) is 0 Å². The second kappa shape index (κ2) is 8.14. The van der Waals surface area contributed by atoms with E-state index in [2.05, 4.69) is 27.9 Å². The molecule has 0 aliphatic rings. The number of amides is 2. The SMILES string of the molecule is CCN(CC)C(=O)CCNC(=O)c1ccccc1I. The molecule has 2 amide bonds. The highest BCUT2D eigenvalue weighted by Crippen LogP contribution is 2.10. The van der Waals surface area contributed by atoms with E-state index in [4.69, 9.17) is 0 Å². The first-order valence-corrected chi connectivity index (χ1v) is 7.48. The number of benzene rings is 1. The van der Waals surface area contributed by atoms with Gasteiger partial charge in [-0.15, -0.1) is 0 Å². The Kier molecular flexibility index (Phi) is 6.83. The van der Waals surface area contributed by atoms with Gasteiger partial charge in [0.15, 0.2) is 0 Å². The largest absolute Gasteiger partial charge is 0.351 e. The van der Waals surface area contributed by atoms with Gasteiger partial charge in [0.1, 0.15) is 0 Å². The van der Waals surface area contributed by atoms with E-state index in [0.717, 1.165) is 3.57 Å². The third-order valence-electron chi connectivity index (χ3n) is 2.86. The molecule has 0 aromatic heterocycles. The lowest BCUT2D eigenvalue weighted by Gasteiger charge is -2.18. The van der Waals surface area contributed by atoms with Crippen molar-refractivity contribution in [2.75, 3.05) is 19.6 Å². The Balaban J connectivity index is 2.44. The zero-order valence-corrected chi connectivity index (χ0v) is 13.4. The lowest BCUT2D eigenvalue weighted by atomic mass is 10.2. The summed E-state index contributed by atoms with van der Waals surface area (Å²) in [7, 11) is 0. The molecule has 1 rings (SSSR count). The zero-order chi connectivity index (χ0) is 14.3. The second-order valence-electron chi connectivity index (χ2n) is 4.05. The predicted octanol–water partition coefficient (Wildman–Crippen LogP) is 2.28. The van der Waals surface area contributed by atoms with Crippen LogP contribution in [0.5, 0.6) is 0 Å². The van der Waals surface area contributed by atoms with Gasteiger partial charge < -0.3 is 10.2 Å². The van der Waals surface area contributed by atoms with Crippen molar-refractivity contribution in [1.29, 1.82) is 0 Å². The van der Waals surface area contributed by atoms with Crippen molar-refractivity contribution in [2.45, 2.75) is 20.3 Å². The molecule has 0 aliphatic carbocycles. The van der Waals surface area contributed by atoms with E-state index < -0.39 is 0 Å². The van der Waals surface area contributed by atoms with Crippen LogP contribution in [0.3, 0.4) is 0 Å². The average Bonchev–Trinajstić information content (AvgIpc) is 2.40. The molecule has 0 fully saturated rings. The fraction of sp³-hybridized carbons (Fsp3) is 0.429. The molecule has 0 unspecified atom stereocenters. The summed E-state index contributed by atoms with van der Waals surface area (Å²) in [5.41, 5.74) is 0.651. The average molecular weight is 374 g/mol. The van der Waals surface area contributed by atoms with Gasteiger partial charge in [0.05, 0.1) is 5.56 Å². The Morgan fingerprint density at radius 2 is 1.84 bits per heavy atom. The van der Waals surface area contributed by atoms with Gasteiger partial charge in [-0.05, 0) is 48.6 Å². The highest BCUT2D eigenvalue weighted by atomic mass is 127. The number of rotatable bonds is 6. The molecule has 1 aromatic carbocycles. The summed E-state index contributed by atoms with van der Waals surface area (Å²) in [6.07, 6.45) is 0.344. The Morgan fingerprint density at radius 1 is 1.21 bits per heavy atom. The molecule has 0 radical (unpaired) electrons. The molecule has 1 aromatic rings. The molecule has 4 nitrogen and oxygen atoms in total. The van der Waals surface area contributed by atoms with E-state index in [0.29, 0.717) is 31.6 Å². The van der Waals surface area contributed by atoms with Crippen LogP contribution in [0.15, 0.2) is 24.3 Å². The van der Waals surface area contributed by atoms with Crippen LogP contribution in [0.2, 0.25) is 0 Å². The van der Waals surface area contributed by atoms with Crippen LogP contribution in [-0.4, -0.2) is 36.3 Å². The van der Waals surface area contributed by atoms with Crippen molar-refractivity contribution in [3.8, 4) is 0 Å². The summed E-state index contributed by atoms with van der Waals surface area (Å²) in [6.45, 7) is 5.69. The molecule has 1 N–H and O–H groups in total. The Labute approximate surface area is 127 Å². The standard InChI is InChI=1S/C14H19IN2O2/c1-3-17(4-2)13(18)9-10-16-14(19)11-7-5-6-8-12(11)15/h5-8H,3-4,9-10H2,1-2H3,(H,16,19). The molecule has 5 heteroatoms. The smallest absolute Gasteiger partial charge is 0.252 e. The van der Waals surface area contributed by atoms with Crippen LogP contribution in [0.4, 0.5) is 0 Å². The lowest BCUT2D eigenvalue weighted by molar-refractivity contribution is -0.130. The molecule has 0 saturated carbocycles. The van der Waals surface area contributed by atoms with E-state index in [1.807, 2.05) is 32.0 Å². The maximum atomic E-state index is 11.9. The number of nitrogens with one attached hydrogen (secondary N) is 1. The van der Waals surface area contributed by atoms with Gasteiger partial charge in [0.2, 0.25) is 5.91 Å². The van der Waals surface area contributed by atoms with Crippen LogP contribution >= 0.6 is 22.6 Å². The summed E-state index contributed by atoms with van der Waals surface area (Å²) in [5.74, 6) is -0.0506. The zero-order valence-electron chi connectivity index (χ0n) is 11.3. The minimum absolute atomic E-state index is 0.0769. The third-order valence-corrected chi connectivity index (χ3v) is 3.80.